The molecule has 0 fully saturated rings. The van der Waals surface area contributed by atoms with Crippen molar-refractivity contribution in [2.24, 2.45) is 0 Å². The molecule has 4 nitrogen and oxygen atoms in total. The minimum Gasteiger partial charge on any atom is -0.361 e. The van der Waals surface area contributed by atoms with E-state index in [-0.39, 0.29) is 0 Å². The number of fused-ring (bicyclic) bond motifs is 2. The van der Waals surface area contributed by atoms with Crippen LogP contribution in [0.1, 0.15) is 11.1 Å². The SMILES string of the molecule is O=S1(=O)N[C](c2c[nH]c3ccccc23)c2ccccc21. The van der Waals surface area contributed by atoms with Crippen LogP contribution in [-0.4, -0.2) is 13.4 Å². The van der Waals surface area contributed by atoms with Crippen molar-refractivity contribution in [2.45, 2.75) is 4.90 Å². The Morgan fingerprint density at radius 1 is 0.850 bits per heavy atom. The molecule has 3 aromatic rings. The molecular weight excluding hydrogens is 272 g/mol. The fourth-order valence-electron chi connectivity index (χ4n) is 2.63. The molecule has 0 atom stereocenters. The molecule has 0 bridgehead atoms. The Morgan fingerprint density at radius 3 is 2.50 bits per heavy atom. The highest BCUT2D eigenvalue weighted by Gasteiger charge is 2.36. The van der Waals surface area contributed by atoms with Crippen LogP contribution >= 0.6 is 0 Å². The standard InChI is InChI=1S/C15H11N2O2S/c18-20(19)14-8-4-2-6-11(14)15(17-20)12-9-16-13-7-3-1-5-10(12)13/h1-9,16-17H. The van der Waals surface area contributed by atoms with Gasteiger partial charge in [0, 0.05) is 28.2 Å². The molecule has 1 aliphatic rings. The summed E-state index contributed by atoms with van der Waals surface area (Å²) in [7, 11) is -3.45. The first-order chi connectivity index (χ1) is 9.67. The van der Waals surface area contributed by atoms with E-state index in [9.17, 15) is 8.42 Å². The smallest absolute Gasteiger partial charge is 0.242 e. The molecule has 5 heteroatoms. The summed E-state index contributed by atoms with van der Waals surface area (Å²) in [5, 5.41) is 1.00. The maximum Gasteiger partial charge on any atom is 0.242 e. The summed E-state index contributed by atoms with van der Waals surface area (Å²) in [5.41, 5.74) is 2.57. The average molecular weight is 283 g/mol. The zero-order chi connectivity index (χ0) is 13.7. The monoisotopic (exact) mass is 283 g/mol. The minimum atomic E-state index is -3.45. The number of para-hydroxylation sites is 1. The predicted molar refractivity (Wildman–Crippen MR) is 76.5 cm³/mol. The molecule has 0 amide bonds. The normalized spacial score (nSPS) is 17.4. The van der Waals surface area contributed by atoms with Crippen LogP contribution in [0.5, 0.6) is 0 Å². The molecule has 0 spiro atoms. The number of sulfonamides is 1. The lowest BCUT2D eigenvalue weighted by Crippen LogP contribution is -2.21. The van der Waals surface area contributed by atoms with Gasteiger partial charge in [-0.15, -0.1) is 0 Å². The molecule has 2 aromatic carbocycles. The molecule has 0 saturated heterocycles. The third kappa shape index (κ3) is 1.54. The van der Waals surface area contributed by atoms with Crippen LogP contribution in [0.25, 0.3) is 10.9 Å². The Morgan fingerprint density at radius 2 is 1.60 bits per heavy atom. The van der Waals surface area contributed by atoms with Crippen molar-refractivity contribution in [3.8, 4) is 0 Å². The number of H-pyrrole nitrogens is 1. The van der Waals surface area contributed by atoms with Crippen LogP contribution in [-0.2, 0) is 10.0 Å². The van der Waals surface area contributed by atoms with E-state index in [0.29, 0.717) is 10.9 Å². The van der Waals surface area contributed by atoms with E-state index in [2.05, 4.69) is 9.71 Å². The van der Waals surface area contributed by atoms with Crippen molar-refractivity contribution in [2.75, 3.05) is 0 Å². The van der Waals surface area contributed by atoms with E-state index >= 15 is 0 Å². The van der Waals surface area contributed by atoms with E-state index in [1.54, 1.807) is 12.1 Å². The topological polar surface area (TPSA) is 62.0 Å². The Balaban J connectivity index is 1.97. The Bertz CT molecular complexity index is 912. The quantitative estimate of drug-likeness (QED) is 0.720. The lowest BCUT2D eigenvalue weighted by atomic mass is 9.99. The van der Waals surface area contributed by atoms with Gasteiger partial charge in [-0.05, 0) is 12.1 Å². The maximum absolute atomic E-state index is 12.2. The molecule has 0 aliphatic carbocycles. The molecule has 2 heterocycles. The highest BCUT2D eigenvalue weighted by Crippen LogP contribution is 2.36. The third-order valence-corrected chi connectivity index (χ3v) is 4.95. The predicted octanol–water partition coefficient (Wildman–Crippen LogP) is 2.39. The summed E-state index contributed by atoms with van der Waals surface area (Å²) in [6.45, 7) is 0. The van der Waals surface area contributed by atoms with Gasteiger partial charge in [-0.2, -0.15) is 4.72 Å². The lowest BCUT2D eigenvalue weighted by Gasteiger charge is -2.08. The fourth-order valence-corrected chi connectivity index (χ4v) is 3.95. The summed E-state index contributed by atoms with van der Waals surface area (Å²) in [4.78, 5) is 3.50. The summed E-state index contributed by atoms with van der Waals surface area (Å²) >= 11 is 0. The molecule has 1 radical (unpaired) electrons. The first-order valence-corrected chi connectivity index (χ1v) is 7.71. The van der Waals surface area contributed by atoms with Gasteiger partial charge in [0.15, 0.2) is 0 Å². The van der Waals surface area contributed by atoms with Crippen molar-refractivity contribution < 1.29 is 8.42 Å². The van der Waals surface area contributed by atoms with E-state index in [1.807, 2.05) is 42.6 Å². The summed E-state index contributed by atoms with van der Waals surface area (Å²) < 4.78 is 27.0. The largest absolute Gasteiger partial charge is 0.361 e. The number of hydrogen-bond donors (Lipinski definition) is 2. The van der Waals surface area contributed by atoms with Gasteiger partial charge in [0.25, 0.3) is 0 Å². The van der Waals surface area contributed by atoms with Gasteiger partial charge in [0.2, 0.25) is 10.0 Å². The van der Waals surface area contributed by atoms with Gasteiger partial charge >= 0.3 is 0 Å². The van der Waals surface area contributed by atoms with Crippen LogP contribution in [0.2, 0.25) is 0 Å². The first kappa shape index (κ1) is 11.7. The van der Waals surface area contributed by atoms with Gasteiger partial charge in [-0.3, -0.25) is 0 Å². The van der Waals surface area contributed by atoms with Gasteiger partial charge in [-0.1, -0.05) is 36.4 Å². The molecule has 1 aromatic heterocycles. The molecule has 4 rings (SSSR count). The van der Waals surface area contributed by atoms with Crippen molar-refractivity contribution in [1.82, 2.24) is 9.71 Å². The summed E-state index contributed by atoms with van der Waals surface area (Å²) in [6, 6.07) is 15.5. The summed E-state index contributed by atoms with van der Waals surface area (Å²) in [6.07, 6.45) is 1.84. The molecule has 0 saturated carbocycles. The van der Waals surface area contributed by atoms with Gasteiger partial charge in [0.05, 0.1) is 4.90 Å². The van der Waals surface area contributed by atoms with E-state index in [0.717, 1.165) is 22.0 Å². The van der Waals surface area contributed by atoms with Gasteiger partial charge in [0.1, 0.15) is 6.04 Å². The fraction of sp³-hybridized carbons (Fsp3) is 0. The minimum absolute atomic E-state index is 0.334. The van der Waals surface area contributed by atoms with E-state index < -0.39 is 10.0 Å². The number of benzene rings is 2. The van der Waals surface area contributed by atoms with Crippen LogP contribution in [0.4, 0.5) is 0 Å². The van der Waals surface area contributed by atoms with Crippen molar-refractivity contribution in [1.29, 1.82) is 0 Å². The third-order valence-electron chi connectivity index (χ3n) is 3.54. The molecule has 1 aliphatic heterocycles. The Kier molecular flexibility index (Phi) is 2.31. The zero-order valence-corrected chi connectivity index (χ0v) is 11.2. The molecular formula is C15H11N2O2S. The molecule has 20 heavy (non-hydrogen) atoms. The van der Waals surface area contributed by atoms with Gasteiger partial charge < -0.3 is 4.98 Å². The highest BCUT2D eigenvalue weighted by molar-refractivity contribution is 7.90. The second-order valence-electron chi connectivity index (χ2n) is 4.72. The molecule has 99 valence electrons. The zero-order valence-electron chi connectivity index (χ0n) is 10.4. The molecule has 2 N–H and O–H groups in total. The van der Waals surface area contributed by atoms with Gasteiger partial charge in [-0.25, -0.2) is 8.42 Å². The number of rotatable bonds is 1. The number of aromatic amines is 1. The first-order valence-electron chi connectivity index (χ1n) is 6.22. The number of hydrogen-bond acceptors (Lipinski definition) is 2. The summed E-state index contributed by atoms with van der Waals surface area (Å²) in [5.74, 6) is 0. The maximum atomic E-state index is 12.2. The van der Waals surface area contributed by atoms with Crippen molar-refractivity contribution in [3.05, 3.63) is 71.9 Å². The van der Waals surface area contributed by atoms with Crippen LogP contribution in [0, 0.1) is 6.04 Å². The van der Waals surface area contributed by atoms with Crippen LogP contribution < -0.4 is 4.72 Å². The highest BCUT2D eigenvalue weighted by atomic mass is 32.2. The van der Waals surface area contributed by atoms with Crippen LogP contribution in [0.3, 0.4) is 0 Å². The van der Waals surface area contributed by atoms with E-state index in [1.165, 1.54) is 0 Å². The Labute approximate surface area is 116 Å². The second-order valence-corrected chi connectivity index (χ2v) is 6.38. The Hall–Kier alpha value is -2.11. The van der Waals surface area contributed by atoms with E-state index in [4.69, 9.17) is 0 Å². The molecule has 0 unspecified atom stereocenters. The average Bonchev–Trinajstić information content (AvgIpc) is 2.99. The van der Waals surface area contributed by atoms with Crippen molar-refractivity contribution in [3.63, 3.8) is 0 Å². The number of nitrogens with one attached hydrogen (secondary N) is 2. The lowest BCUT2D eigenvalue weighted by molar-refractivity contribution is 0.592. The van der Waals surface area contributed by atoms with Crippen LogP contribution in [0.15, 0.2) is 59.6 Å². The second kappa shape index (κ2) is 3.94. The number of aromatic nitrogens is 1. The van der Waals surface area contributed by atoms with Crippen molar-refractivity contribution >= 4 is 20.9 Å².